The Morgan fingerprint density at radius 3 is 2.58 bits per heavy atom. The molecule has 118 valence electrons. The third kappa shape index (κ3) is 2.57. The molecule has 0 atom stereocenters. The third-order valence-electron chi connectivity index (χ3n) is 4.40. The van der Waals surface area contributed by atoms with Gasteiger partial charge in [-0.25, -0.2) is 0 Å². The Balaban J connectivity index is 1.78. The molecule has 0 amide bonds. The number of nitrogens with zero attached hydrogens (tertiary/aromatic N) is 2. The summed E-state index contributed by atoms with van der Waals surface area (Å²) in [6.07, 6.45) is 6.59. The zero-order valence-electron chi connectivity index (χ0n) is 13.8. The minimum Gasteiger partial charge on any atom is -0.351 e. The van der Waals surface area contributed by atoms with Crippen molar-refractivity contribution in [3.63, 3.8) is 0 Å². The van der Waals surface area contributed by atoms with Gasteiger partial charge >= 0.3 is 0 Å². The monoisotopic (exact) mass is 331 g/mol. The van der Waals surface area contributed by atoms with E-state index in [1.165, 1.54) is 33.1 Å². The number of hydrogen-bond donors (Lipinski definition) is 0. The van der Waals surface area contributed by atoms with Crippen LogP contribution in [0.25, 0.3) is 22.9 Å². The third-order valence-corrected chi connectivity index (χ3v) is 5.38. The maximum absolute atomic E-state index is 2.28. The van der Waals surface area contributed by atoms with Crippen LogP contribution in [0.2, 0.25) is 0 Å². The highest BCUT2D eigenvalue weighted by atomic mass is 32.1. The van der Waals surface area contributed by atoms with E-state index in [-0.39, 0.29) is 0 Å². The number of rotatable bonds is 2. The average Bonchev–Trinajstić information content (AvgIpc) is 2.99. The van der Waals surface area contributed by atoms with Crippen molar-refractivity contribution in [3.05, 3.63) is 82.8 Å². The Kier molecular flexibility index (Phi) is 3.79. The number of anilines is 1. The van der Waals surface area contributed by atoms with Crippen molar-refractivity contribution in [1.82, 2.24) is 0 Å². The number of fused-ring (bicyclic) bond motifs is 1. The Bertz CT molecular complexity index is 935. The standard InChI is InChI=1S/C21H19N2S/c1-22-13-12-17(18-10-6-7-11-19(18)22)14-21-23(2)20(15-24-21)16-8-4-3-5-9-16/h3-15H,1-2H3/q+1. The van der Waals surface area contributed by atoms with Gasteiger partial charge in [-0.2, -0.15) is 4.57 Å². The zero-order chi connectivity index (χ0) is 16.5. The summed E-state index contributed by atoms with van der Waals surface area (Å²) in [4.78, 5) is 2.16. The van der Waals surface area contributed by atoms with Gasteiger partial charge in [-0.15, -0.1) is 0 Å². The number of benzene rings is 2. The smallest absolute Gasteiger partial charge is 0.262 e. The molecule has 2 nitrogen and oxygen atoms in total. The van der Waals surface area contributed by atoms with Crippen LogP contribution in [0, 0.1) is 0 Å². The molecule has 24 heavy (non-hydrogen) atoms. The minimum atomic E-state index is 1.24. The molecule has 1 aliphatic rings. The normalized spacial score (nSPS) is 14.9. The van der Waals surface area contributed by atoms with Gasteiger partial charge in [-0.3, -0.25) is 0 Å². The van der Waals surface area contributed by atoms with Crippen LogP contribution in [-0.2, 0) is 7.05 Å². The highest BCUT2D eigenvalue weighted by Gasteiger charge is 2.19. The molecule has 0 unspecified atom stereocenters. The molecule has 0 bridgehead atoms. The highest BCUT2D eigenvalue weighted by molar-refractivity contribution is 7.10. The summed E-state index contributed by atoms with van der Waals surface area (Å²) in [6, 6.07) is 19.1. The second-order valence-electron chi connectivity index (χ2n) is 5.93. The van der Waals surface area contributed by atoms with Gasteiger partial charge in [0.2, 0.25) is 5.69 Å². The van der Waals surface area contributed by atoms with E-state index in [0.717, 1.165) is 0 Å². The van der Waals surface area contributed by atoms with Crippen LogP contribution >= 0.6 is 11.3 Å². The first-order valence-corrected chi connectivity index (χ1v) is 8.87. The van der Waals surface area contributed by atoms with Gasteiger partial charge in [-0.1, -0.05) is 47.7 Å². The van der Waals surface area contributed by atoms with Gasteiger partial charge in [0, 0.05) is 36.1 Å². The summed E-state index contributed by atoms with van der Waals surface area (Å²) >= 11 is 1.78. The molecule has 4 rings (SSSR count). The Labute approximate surface area is 146 Å². The van der Waals surface area contributed by atoms with Crippen LogP contribution in [0.5, 0.6) is 0 Å². The van der Waals surface area contributed by atoms with Crippen molar-refractivity contribution < 1.29 is 4.57 Å². The Morgan fingerprint density at radius 2 is 1.75 bits per heavy atom. The van der Waals surface area contributed by atoms with Crippen molar-refractivity contribution >= 4 is 28.7 Å². The molecule has 1 aliphatic heterocycles. The summed E-state index contributed by atoms with van der Waals surface area (Å²) in [6.45, 7) is 0. The first-order chi connectivity index (χ1) is 11.7. The largest absolute Gasteiger partial charge is 0.351 e. The van der Waals surface area contributed by atoms with Gasteiger partial charge in [0.1, 0.15) is 7.05 Å². The van der Waals surface area contributed by atoms with Crippen LogP contribution in [0.4, 0.5) is 5.69 Å². The van der Waals surface area contributed by atoms with E-state index in [0.29, 0.717) is 0 Å². The molecule has 3 aromatic rings. The maximum atomic E-state index is 2.28. The van der Waals surface area contributed by atoms with Gasteiger partial charge in [0.25, 0.3) is 5.01 Å². The molecular weight excluding hydrogens is 312 g/mol. The Morgan fingerprint density at radius 1 is 1.00 bits per heavy atom. The van der Waals surface area contributed by atoms with Gasteiger partial charge in [0.05, 0.1) is 5.38 Å². The van der Waals surface area contributed by atoms with Crippen LogP contribution in [0.1, 0.15) is 10.6 Å². The van der Waals surface area contributed by atoms with E-state index < -0.39 is 0 Å². The lowest BCUT2D eigenvalue weighted by molar-refractivity contribution is -0.657. The fraction of sp³-hybridized carbons (Fsp3) is 0.0952. The fourth-order valence-electron chi connectivity index (χ4n) is 3.04. The second-order valence-corrected chi connectivity index (χ2v) is 6.82. The lowest BCUT2D eigenvalue weighted by Crippen LogP contribution is -2.31. The average molecular weight is 331 g/mol. The Hall–Kier alpha value is -2.65. The van der Waals surface area contributed by atoms with Crippen molar-refractivity contribution in [2.24, 2.45) is 7.05 Å². The SMILES string of the molecule is CN1C=C/C(=C\c2scc(-c3ccccc3)[n+]2C)c2ccccc21. The van der Waals surface area contributed by atoms with E-state index in [1.807, 2.05) is 0 Å². The number of allylic oxidation sites excluding steroid dienone is 2. The number of aromatic nitrogens is 1. The zero-order valence-corrected chi connectivity index (χ0v) is 14.6. The molecule has 0 saturated carbocycles. The van der Waals surface area contributed by atoms with Gasteiger partial charge < -0.3 is 4.90 Å². The number of para-hydroxylation sites is 1. The predicted octanol–water partition coefficient (Wildman–Crippen LogP) is 4.74. The lowest BCUT2D eigenvalue weighted by atomic mass is 10.00. The number of hydrogen-bond acceptors (Lipinski definition) is 2. The van der Waals surface area contributed by atoms with Crippen molar-refractivity contribution in [2.45, 2.75) is 0 Å². The van der Waals surface area contributed by atoms with Crippen LogP contribution < -0.4 is 9.47 Å². The quantitative estimate of drug-likeness (QED) is 0.615. The molecule has 2 heterocycles. The molecule has 0 N–H and O–H groups in total. The summed E-state index contributed by atoms with van der Waals surface area (Å²) < 4.78 is 2.27. The summed E-state index contributed by atoms with van der Waals surface area (Å²) in [5.41, 5.74) is 6.27. The van der Waals surface area contributed by atoms with Crippen molar-refractivity contribution in [3.8, 4) is 11.3 Å². The van der Waals surface area contributed by atoms with Gasteiger partial charge in [0.15, 0.2) is 0 Å². The summed E-state index contributed by atoms with van der Waals surface area (Å²) in [7, 11) is 4.22. The first kappa shape index (κ1) is 14.9. The lowest BCUT2D eigenvalue weighted by Gasteiger charge is -2.23. The van der Waals surface area contributed by atoms with E-state index in [4.69, 9.17) is 0 Å². The molecule has 0 saturated heterocycles. The molecule has 0 aliphatic carbocycles. The molecule has 1 aromatic heterocycles. The van der Waals surface area contributed by atoms with E-state index in [2.05, 4.69) is 102 Å². The van der Waals surface area contributed by atoms with Crippen LogP contribution in [-0.4, -0.2) is 7.05 Å². The van der Waals surface area contributed by atoms with Crippen molar-refractivity contribution in [1.29, 1.82) is 0 Å². The van der Waals surface area contributed by atoms with Crippen molar-refractivity contribution in [2.75, 3.05) is 11.9 Å². The number of thiazole rings is 1. The molecule has 3 heteroatoms. The molecule has 0 radical (unpaired) electrons. The highest BCUT2D eigenvalue weighted by Crippen LogP contribution is 2.33. The first-order valence-electron chi connectivity index (χ1n) is 7.99. The van der Waals surface area contributed by atoms with E-state index >= 15 is 0 Å². The van der Waals surface area contributed by atoms with Crippen LogP contribution in [0.15, 0.2) is 72.3 Å². The summed E-state index contributed by atoms with van der Waals surface area (Å²) in [5, 5.41) is 3.47. The summed E-state index contributed by atoms with van der Waals surface area (Å²) in [5.74, 6) is 0. The van der Waals surface area contributed by atoms with E-state index in [1.54, 1.807) is 11.3 Å². The van der Waals surface area contributed by atoms with Crippen LogP contribution in [0.3, 0.4) is 0 Å². The molecular formula is C21H19N2S+. The van der Waals surface area contributed by atoms with E-state index in [9.17, 15) is 0 Å². The van der Waals surface area contributed by atoms with Gasteiger partial charge in [-0.05, 0) is 29.8 Å². The molecule has 0 spiro atoms. The maximum Gasteiger partial charge on any atom is 0.262 e. The minimum absolute atomic E-state index is 1.24. The fourth-order valence-corrected chi connectivity index (χ4v) is 4.02. The molecule has 2 aromatic carbocycles. The molecule has 0 fully saturated rings. The predicted molar refractivity (Wildman–Crippen MR) is 103 cm³/mol. The topological polar surface area (TPSA) is 7.12 Å². The second kappa shape index (κ2) is 6.10.